The van der Waals surface area contributed by atoms with E-state index in [1.165, 1.54) is 50.5 Å². The maximum atomic E-state index is 10.3. The third-order valence-electron chi connectivity index (χ3n) is 10.4. The second-order valence-electron chi connectivity index (χ2n) is 12.4. The van der Waals surface area contributed by atoms with Crippen LogP contribution in [0.25, 0.3) is 0 Å². The van der Waals surface area contributed by atoms with E-state index in [9.17, 15) is 5.11 Å². The molecule has 0 aromatic heterocycles. The Balaban J connectivity index is 1.54. The molecule has 3 fully saturated rings. The van der Waals surface area contributed by atoms with Crippen LogP contribution in [0.1, 0.15) is 98.8 Å². The number of aliphatic hydroxyl groups excluding tert-OH is 1. The Morgan fingerprint density at radius 1 is 1.03 bits per heavy atom. The minimum atomic E-state index is -0.144. The summed E-state index contributed by atoms with van der Waals surface area (Å²) in [6.07, 6.45) is 15.0. The second-order valence-corrected chi connectivity index (χ2v) is 12.4. The lowest BCUT2D eigenvalue weighted by Crippen LogP contribution is -2.56. The lowest BCUT2D eigenvalue weighted by molar-refractivity contribution is -0.0632. The van der Waals surface area contributed by atoms with Gasteiger partial charge in [-0.25, -0.2) is 0 Å². The van der Waals surface area contributed by atoms with Gasteiger partial charge in [-0.1, -0.05) is 65.5 Å². The molecule has 29 heavy (non-hydrogen) atoms. The van der Waals surface area contributed by atoms with Gasteiger partial charge in [0.1, 0.15) is 0 Å². The van der Waals surface area contributed by atoms with E-state index in [1.807, 2.05) is 0 Å². The van der Waals surface area contributed by atoms with E-state index in [0.717, 1.165) is 48.9 Å². The molecule has 0 aliphatic heterocycles. The number of nitrogens with two attached hydrogens (primary N) is 1. The van der Waals surface area contributed by atoms with Gasteiger partial charge in [-0.3, -0.25) is 0 Å². The Bertz CT molecular complexity index is 626. The van der Waals surface area contributed by atoms with Crippen LogP contribution in [0.2, 0.25) is 0 Å². The molecule has 0 spiro atoms. The van der Waals surface area contributed by atoms with Gasteiger partial charge in [0.25, 0.3) is 0 Å². The zero-order chi connectivity index (χ0) is 21.0. The van der Waals surface area contributed by atoms with Crippen LogP contribution in [0.3, 0.4) is 0 Å². The van der Waals surface area contributed by atoms with Crippen molar-refractivity contribution in [3.8, 4) is 0 Å². The summed E-state index contributed by atoms with van der Waals surface area (Å²) >= 11 is 0. The largest absolute Gasteiger partial charge is 0.393 e. The van der Waals surface area contributed by atoms with E-state index in [-0.39, 0.29) is 12.1 Å². The van der Waals surface area contributed by atoms with Gasteiger partial charge in [0, 0.05) is 6.04 Å². The molecule has 3 N–H and O–H groups in total. The molecule has 2 heteroatoms. The summed E-state index contributed by atoms with van der Waals surface area (Å²) in [5.41, 5.74) is 9.17. The van der Waals surface area contributed by atoms with Crippen molar-refractivity contribution in [2.45, 2.75) is 111 Å². The standard InChI is InChI=1S/C27H47NO/c1-17(2)7-6-8-18(3)21-9-10-22-25-23(12-14-27(21,22)5)26(4)13-11-20(29)15-19(26)16-24(25)28/h16-18,20-25,29H,6-15,28H2,1-5H3/t18-,20+,21?,22?,23?,24?,25?,26?,27?/m1/s1. The van der Waals surface area contributed by atoms with Gasteiger partial charge in [-0.2, -0.15) is 0 Å². The first-order valence-electron chi connectivity index (χ1n) is 12.8. The van der Waals surface area contributed by atoms with Crippen molar-refractivity contribution in [1.82, 2.24) is 0 Å². The number of aliphatic hydroxyl groups is 1. The fraction of sp³-hybridized carbons (Fsp3) is 0.926. The molecule has 0 saturated heterocycles. The first-order valence-corrected chi connectivity index (χ1v) is 12.8. The van der Waals surface area contributed by atoms with Gasteiger partial charge in [0.2, 0.25) is 0 Å². The first kappa shape index (κ1) is 21.9. The summed E-state index contributed by atoms with van der Waals surface area (Å²) in [6.45, 7) is 12.4. The van der Waals surface area contributed by atoms with Gasteiger partial charge in [0.15, 0.2) is 0 Å². The van der Waals surface area contributed by atoms with Crippen molar-refractivity contribution in [1.29, 1.82) is 0 Å². The quantitative estimate of drug-likeness (QED) is 0.529. The van der Waals surface area contributed by atoms with Crippen LogP contribution in [0.4, 0.5) is 0 Å². The summed E-state index contributed by atoms with van der Waals surface area (Å²) < 4.78 is 0. The lowest BCUT2D eigenvalue weighted by atomic mass is 9.46. The summed E-state index contributed by atoms with van der Waals surface area (Å²) in [5.74, 6) is 4.77. The van der Waals surface area contributed by atoms with Crippen LogP contribution in [0, 0.1) is 46.3 Å². The molecule has 0 amide bonds. The lowest BCUT2D eigenvalue weighted by Gasteiger charge is -2.60. The molecule has 0 heterocycles. The third-order valence-corrected chi connectivity index (χ3v) is 10.4. The van der Waals surface area contributed by atoms with Crippen LogP contribution in [-0.2, 0) is 0 Å². The number of hydrogen-bond acceptors (Lipinski definition) is 2. The normalized spacial score (nSPS) is 47.9. The molecular formula is C27H47NO. The van der Waals surface area contributed by atoms with Crippen LogP contribution in [-0.4, -0.2) is 17.3 Å². The summed E-state index contributed by atoms with van der Waals surface area (Å²) in [5, 5.41) is 10.3. The Hall–Kier alpha value is -0.340. The van der Waals surface area contributed by atoms with Gasteiger partial charge in [-0.15, -0.1) is 0 Å². The van der Waals surface area contributed by atoms with Gasteiger partial charge >= 0.3 is 0 Å². The molecule has 0 bridgehead atoms. The molecular weight excluding hydrogens is 354 g/mol. The molecule has 2 nitrogen and oxygen atoms in total. The van der Waals surface area contributed by atoms with E-state index in [2.05, 4.69) is 40.7 Å². The highest BCUT2D eigenvalue weighted by atomic mass is 16.3. The highest BCUT2D eigenvalue weighted by molar-refractivity contribution is 5.28. The molecule has 7 unspecified atom stereocenters. The topological polar surface area (TPSA) is 46.2 Å². The van der Waals surface area contributed by atoms with Crippen LogP contribution >= 0.6 is 0 Å². The maximum Gasteiger partial charge on any atom is 0.0577 e. The maximum absolute atomic E-state index is 10.3. The molecule has 4 aliphatic carbocycles. The highest BCUT2D eigenvalue weighted by Crippen LogP contribution is 2.67. The summed E-state index contributed by atoms with van der Waals surface area (Å²) in [4.78, 5) is 0. The van der Waals surface area contributed by atoms with Crippen molar-refractivity contribution in [3.05, 3.63) is 11.6 Å². The zero-order valence-electron chi connectivity index (χ0n) is 19.8. The predicted molar refractivity (Wildman–Crippen MR) is 122 cm³/mol. The van der Waals surface area contributed by atoms with Crippen molar-refractivity contribution in [2.75, 3.05) is 0 Å². The fourth-order valence-corrected chi connectivity index (χ4v) is 8.74. The van der Waals surface area contributed by atoms with E-state index < -0.39 is 0 Å². The van der Waals surface area contributed by atoms with Crippen molar-refractivity contribution in [3.63, 3.8) is 0 Å². The molecule has 4 aliphatic rings. The minimum Gasteiger partial charge on any atom is -0.393 e. The Morgan fingerprint density at radius 2 is 1.79 bits per heavy atom. The van der Waals surface area contributed by atoms with Crippen LogP contribution in [0.15, 0.2) is 11.6 Å². The average Bonchev–Trinajstić information content (AvgIpc) is 3.00. The average molecular weight is 402 g/mol. The molecule has 3 saturated carbocycles. The van der Waals surface area contributed by atoms with E-state index in [0.29, 0.717) is 16.7 Å². The molecule has 166 valence electrons. The van der Waals surface area contributed by atoms with Crippen LogP contribution in [0.5, 0.6) is 0 Å². The molecule has 0 radical (unpaired) electrons. The van der Waals surface area contributed by atoms with Gasteiger partial charge < -0.3 is 10.8 Å². The molecule has 4 rings (SSSR count). The van der Waals surface area contributed by atoms with Crippen molar-refractivity contribution >= 4 is 0 Å². The summed E-state index contributed by atoms with van der Waals surface area (Å²) in [6, 6.07) is 0.202. The highest BCUT2D eigenvalue weighted by Gasteiger charge is 2.60. The van der Waals surface area contributed by atoms with Crippen molar-refractivity contribution < 1.29 is 5.11 Å². The Morgan fingerprint density at radius 3 is 2.52 bits per heavy atom. The SMILES string of the molecule is CC(C)CCC[C@@H](C)C1CCC2C3C(N)C=C4C[C@@H](O)CCC4(C)C3CCC21C. The van der Waals surface area contributed by atoms with Gasteiger partial charge in [-0.05, 0) is 91.3 Å². The van der Waals surface area contributed by atoms with E-state index in [1.54, 1.807) is 0 Å². The minimum absolute atomic E-state index is 0.144. The summed E-state index contributed by atoms with van der Waals surface area (Å²) in [7, 11) is 0. The van der Waals surface area contributed by atoms with E-state index >= 15 is 0 Å². The molecule has 9 atom stereocenters. The number of rotatable bonds is 5. The molecule has 0 aromatic rings. The van der Waals surface area contributed by atoms with Gasteiger partial charge in [0.05, 0.1) is 6.10 Å². The van der Waals surface area contributed by atoms with E-state index in [4.69, 9.17) is 5.73 Å². The predicted octanol–water partition coefficient (Wildman–Crippen LogP) is 6.33. The van der Waals surface area contributed by atoms with Crippen LogP contribution < -0.4 is 5.73 Å². The number of fused-ring (bicyclic) bond motifs is 5. The van der Waals surface area contributed by atoms with Crippen molar-refractivity contribution in [2.24, 2.45) is 52.1 Å². The Kier molecular flexibility index (Phi) is 6.01. The third kappa shape index (κ3) is 3.65. The smallest absolute Gasteiger partial charge is 0.0577 e. The Labute approximate surface area is 180 Å². The zero-order valence-corrected chi connectivity index (χ0v) is 19.8. The monoisotopic (exact) mass is 401 g/mol. The fourth-order valence-electron chi connectivity index (χ4n) is 8.74. The molecule has 0 aromatic carbocycles. The second kappa shape index (κ2) is 7.97. The number of hydrogen-bond donors (Lipinski definition) is 2. The first-order chi connectivity index (χ1) is 13.7.